The fourth-order valence-corrected chi connectivity index (χ4v) is 2.55. The third kappa shape index (κ3) is 3.05. The first-order chi connectivity index (χ1) is 11.7. The first-order valence-corrected chi connectivity index (χ1v) is 7.72. The Hall–Kier alpha value is -2.96. The molecule has 0 radical (unpaired) electrons. The first-order valence-electron chi connectivity index (χ1n) is 7.72. The molecule has 0 spiro atoms. The minimum absolute atomic E-state index is 0.0339. The van der Waals surface area contributed by atoms with Crippen molar-refractivity contribution in [3.05, 3.63) is 47.8 Å². The molecule has 0 amide bonds. The van der Waals surface area contributed by atoms with Crippen LogP contribution in [0.2, 0.25) is 0 Å². The van der Waals surface area contributed by atoms with Crippen LogP contribution in [0.5, 0.6) is 5.75 Å². The number of benzene rings is 2. The molecular weight excluding hydrogens is 308 g/mol. The Bertz CT molecular complexity index is 860. The average molecular weight is 326 g/mol. The number of tetrazole rings is 1. The molecule has 7 heteroatoms. The lowest BCUT2D eigenvalue weighted by atomic mass is 10.0. The molecule has 0 atom stereocenters. The Morgan fingerprint density at radius 2 is 1.96 bits per heavy atom. The van der Waals surface area contributed by atoms with Gasteiger partial charge in [-0.1, -0.05) is 31.2 Å². The number of aryl methyl sites for hydroxylation is 1. The van der Waals surface area contributed by atoms with Gasteiger partial charge in [0.1, 0.15) is 5.75 Å². The number of rotatable bonds is 6. The lowest BCUT2D eigenvalue weighted by Gasteiger charge is -2.10. The fourth-order valence-electron chi connectivity index (χ4n) is 2.55. The maximum atomic E-state index is 12.5. The van der Waals surface area contributed by atoms with E-state index in [1.165, 1.54) is 0 Å². The first kappa shape index (κ1) is 15.9. The van der Waals surface area contributed by atoms with Crippen LogP contribution in [0, 0.1) is 0 Å². The standard InChI is InChI=1S/C17H18N4O3/c1-3-10-21-16(18-19-20-21)11-24-17(22)14-8-9-15(23-2)13-7-5-4-6-12(13)14/h4-9H,3,10-11H2,1-2H3. The average Bonchev–Trinajstić information content (AvgIpc) is 3.06. The maximum absolute atomic E-state index is 12.5. The van der Waals surface area contributed by atoms with Gasteiger partial charge in [0.15, 0.2) is 12.4 Å². The van der Waals surface area contributed by atoms with Gasteiger partial charge >= 0.3 is 5.97 Å². The summed E-state index contributed by atoms with van der Waals surface area (Å²) in [7, 11) is 1.60. The molecule has 1 heterocycles. The van der Waals surface area contributed by atoms with Crippen molar-refractivity contribution >= 4 is 16.7 Å². The Labute approximate surface area is 139 Å². The van der Waals surface area contributed by atoms with E-state index in [1.807, 2.05) is 31.2 Å². The fraction of sp³-hybridized carbons (Fsp3) is 0.294. The minimum Gasteiger partial charge on any atom is -0.496 e. The van der Waals surface area contributed by atoms with Gasteiger partial charge in [-0.15, -0.1) is 5.10 Å². The van der Waals surface area contributed by atoms with Crippen molar-refractivity contribution in [2.45, 2.75) is 26.5 Å². The zero-order valence-corrected chi connectivity index (χ0v) is 13.6. The zero-order chi connectivity index (χ0) is 16.9. The second kappa shape index (κ2) is 7.08. The summed E-state index contributed by atoms with van der Waals surface area (Å²) in [4.78, 5) is 12.5. The third-order valence-corrected chi connectivity index (χ3v) is 3.70. The molecule has 0 aliphatic carbocycles. The minimum atomic E-state index is -0.417. The van der Waals surface area contributed by atoms with E-state index in [1.54, 1.807) is 23.9 Å². The third-order valence-electron chi connectivity index (χ3n) is 3.70. The van der Waals surface area contributed by atoms with Crippen LogP contribution in [0.4, 0.5) is 0 Å². The molecule has 0 aliphatic rings. The van der Waals surface area contributed by atoms with E-state index in [-0.39, 0.29) is 6.61 Å². The molecule has 24 heavy (non-hydrogen) atoms. The molecule has 0 saturated heterocycles. The summed E-state index contributed by atoms with van der Waals surface area (Å²) in [6.07, 6.45) is 0.898. The molecule has 1 aromatic heterocycles. The highest BCUT2D eigenvalue weighted by Crippen LogP contribution is 2.28. The summed E-state index contributed by atoms with van der Waals surface area (Å²) in [6, 6.07) is 11.0. The molecule has 3 rings (SSSR count). The molecule has 0 fully saturated rings. The van der Waals surface area contributed by atoms with E-state index in [2.05, 4.69) is 15.5 Å². The SMILES string of the molecule is CCCn1nnnc1COC(=O)c1ccc(OC)c2ccccc12. The van der Waals surface area contributed by atoms with Crippen LogP contribution in [0.25, 0.3) is 10.8 Å². The normalized spacial score (nSPS) is 10.8. The Kier molecular flexibility index (Phi) is 4.69. The second-order valence-corrected chi connectivity index (χ2v) is 5.26. The predicted octanol–water partition coefficient (Wildman–Crippen LogP) is 2.60. The molecular formula is C17H18N4O3. The molecule has 7 nitrogen and oxygen atoms in total. The number of carbonyl (C=O) groups excluding carboxylic acids is 1. The van der Waals surface area contributed by atoms with Crippen molar-refractivity contribution < 1.29 is 14.3 Å². The highest BCUT2D eigenvalue weighted by Gasteiger charge is 2.15. The van der Waals surface area contributed by atoms with Crippen LogP contribution in [-0.2, 0) is 17.9 Å². The smallest absolute Gasteiger partial charge is 0.339 e. The van der Waals surface area contributed by atoms with Crippen LogP contribution in [0.1, 0.15) is 29.5 Å². The van der Waals surface area contributed by atoms with Crippen molar-refractivity contribution in [1.29, 1.82) is 0 Å². The Morgan fingerprint density at radius 3 is 2.71 bits per heavy atom. The lowest BCUT2D eigenvalue weighted by molar-refractivity contribution is 0.0459. The predicted molar refractivity (Wildman–Crippen MR) is 87.7 cm³/mol. The van der Waals surface area contributed by atoms with Crippen molar-refractivity contribution in [3.63, 3.8) is 0 Å². The largest absolute Gasteiger partial charge is 0.496 e. The molecule has 124 valence electrons. The van der Waals surface area contributed by atoms with Gasteiger partial charge in [0.05, 0.1) is 12.7 Å². The van der Waals surface area contributed by atoms with Crippen LogP contribution < -0.4 is 4.74 Å². The molecule has 0 bridgehead atoms. The van der Waals surface area contributed by atoms with E-state index < -0.39 is 5.97 Å². The van der Waals surface area contributed by atoms with Crippen molar-refractivity contribution in [1.82, 2.24) is 20.2 Å². The topological polar surface area (TPSA) is 79.1 Å². The molecule has 0 aliphatic heterocycles. The second-order valence-electron chi connectivity index (χ2n) is 5.26. The summed E-state index contributed by atoms with van der Waals surface area (Å²) in [6.45, 7) is 2.75. The number of aromatic nitrogens is 4. The van der Waals surface area contributed by atoms with Crippen molar-refractivity contribution in [2.24, 2.45) is 0 Å². The molecule has 0 N–H and O–H groups in total. The number of hydrogen-bond donors (Lipinski definition) is 0. The van der Waals surface area contributed by atoms with Gasteiger partial charge < -0.3 is 9.47 Å². The van der Waals surface area contributed by atoms with Gasteiger partial charge in [-0.2, -0.15) is 0 Å². The molecule has 2 aromatic carbocycles. The quantitative estimate of drug-likeness (QED) is 0.648. The number of carbonyl (C=O) groups is 1. The van der Waals surface area contributed by atoms with Crippen LogP contribution in [-0.4, -0.2) is 33.3 Å². The maximum Gasteiger partial charge on any atom is 0.339 e. The number of hydrogen-bond acceptors (Lipinski definition) is 6. The van der Waals surface area contributed by atoms with E-state index in [9.17, 15) is 4.79 Å². The molecule has 0 saturated carbocycles. The van der Waals surface area contributed by atoms with E-state index in [0.717, 1.165) is 17.2 Å². The van der Waals surface area contributed by atoms with Crippen LogP contribution in [0.15, 0.2) is 36.4 Å². The number of ether oxygens (including phenoxy) is 2. The van der Waals surface area contributed by atoms with Crippen LogP contribution in [0.3, 0.4) is 0 Å². The molecule has 0 unspecified atom stereocenters. The number of nitrogens with zero attached hydrogens (tertiary/aromatic N) is 4. The summed E-state index contributed by atoms with van der Waals surface area (Å²) >= 11 is 0. The Balaban J connectivity index is 1.83. The summed E-state index contributed by atoms with van der Waals surface area (Å²) in [5.41, 5.74) is 0.487. The van der Waals surface area contributed by atoms with Crippen molar-refractivity contribution in [2.75, 3.05) is 7.11 Å². The highest BCUT2D eigenvalue weighted by atomic mass is 16.5. The van der Waals surface area contributed by atoms with Gasteiger partial charge in [0.25, 0.3) is 0 Å². The number of fused-ring (bicyclic) bond motifs is 1. The van der Waals surface area contributed by atoms with Gasteiger partial charge in [-0.3, -0.25) is 0 Å². The number of esters is 1. The van der Waals surface area contributed by atoms with E-state index in [0.29, 0.717) is 23.7 Å². The van der Waals surface area contributed by atoms with Gasteiger partial charge in [-0.25, -0.2) is 9.48 Å². The van der Waals surface area contributed by atoms with Crippen LogP contribution >= 0.6 is 0 Å². The zero-order valence-electron chi connectivity index (χ0n) is 13.6. The lowest BCUT2D eigenvalue weighted by Crippen LogP contribution is -2.11. The Morgan fingerprint density at radius 1 is 1.17 bits per heavy atom. The van der Waals surface area contributed by atoms with E-state index >= 15 is 0 Å². The van der Waals surface area contributed by atoms with Gasteiger partial charge in [0, 0.05) is 11.9 Å². The summed E-state index contributed by atoms with van der Waals surface area (Å²) < 4.78 is 12.4. The number of methoxy groups -OCH3 is 1. The van der Waals surface area contributed by atoms with Gasteiger partial charge in [-0.05, 0) is 34.4 Å². The highest BCUT2D eigenvalue weighted by molar-refractivity contribution is 6.06. The van der Waals surface area contributed by atoms with Crippen molar-refractivity contribution in [3.8, 4) is 5.75 Å². The summed E-state index contributed by atoms with van der Waals surface area (Å²) in [5, 5.41) is 13.0. The summed E-state index contributed by atoms with van der Waals surface area (Å²) in [5.74, 6) is 0.831. The van der Waals surface area contributed by atoms with E-state index in [4.69, 9.17) is 9.47 Å². The van der Waals surface area contributed by atoms with Gasteiger partial charge in [0.2, 0.25) is 0 Å². The molecule has 3 aromatic rings. The monoisotopic (exact) mass is 326 g/mol.